The van der Waals surface area contributed by atoms with Crippen LogP contribution in [0.4, 0.5) is 11.4 Å². The maximum Gasteiger partial charge on any atom is 0.293 e. The molecule has 0 aliphatic carbocycles. The highest BCUT2D eigenvalue weighted by atomic mass is 79.9. The molecule has 0 aliphatic rings. The zero-order valence-corrected chi connectivity index (χ0v) is 11.2. The second-order valence-electron chi connectivity index (χ2n) is 3.77. The van der Waals surface area contributed by atoms with E-state index in [4.69, 9.17) is 0 Å². The van der Waals surface area contributed by atoms with Crippen molar-refractivity contribution in [2.45, 2.75) is 26.8 Å². The van der Waals surface area contributed by atoms with E-state index in [9.17, 15) is 10.1 Å². The Morgan fingerprint density at radius 2 is 2.12 bits per heavy atom. The second-order valence-corrected chi connectivity index (χ2v) is 4.69. The third-order valence-corrected chi connectivity index (χ3v) is 2.90. The van der Waals surface area contributed by atoms with Crippen molar-refractivity contribution in [1.82, 2.24) is 0 Å². The molecule has 0 spiro atoms. The van der Waals surface area contributed by atoms with Gasteiger partial charge in [0.1, 0.15) is 5.69 Å². The minimum absolute atomic E-state index is 0.143. The number of hydrogen-bond donors (Lipinski definition) is 0. The van der Waals surface area contributed by atoms with Gasteiger partial charge in [-0.1, -0.05) is 15.9 Å². The molecule has 0 saturated carbocycles. The average Bonchev–Trinajstić information content (AvgIpc) is 2.20. The van der Waals surface area contributed by atoms with Gasteiger partial charge >= 0.3 is 0 Å². The molecule has 0 N–H and O–H groups in total. The standard InChI is InChI=1S/C11H15BrN2O2/c1-4-13(8(2)3)10-6-5-9(12)7-11(10)14(15)16/h5-8H,4H2,1-3H3. The largest absolute Gasteiger partial charge is 0.364 e. The lowest BCUT2D eigenvalue weighted by Gasteiger charge is -2.27. The Kier molecular flexibility index (Phi) is 4.29. The zero-order valence-electron chi connectivity index (χ0n) is 9.61. The topological polar surface area (TPSA) is 46.4 Å². The fraction of sp³-hybridized carbons (Fsp3) is 0.455. The summed E-state index contributed by atoms with van der Waals surface area (Å²) >= 11 is 3.25. The molecular weight excluding hydrogens is 272 g/mol. The molecule has 4 nitrogen and oxygen atoms in total. The van der Waals surface area contributed by atoms with Crippen LogP contribution >= 0.6 is 15.9 Å². The highest BCUT2D eigenvalue weighted by Gasteiger charge is 2.20. The zero-order chi connectivity index (χ0) is 12.3. The van der Waals surface area contributed by atoms with Gasteiger partial charge in [-0.2, -0.15) is 0 Å². The lowest BCUT2D eigenvalue weighted by Crippen LogP contribution is -2.30. The first-order valence-corrected chi connectivity index (χ1v) is 5.97. The van der Waals surface area contributed by atoms with Gasteiger partial charge in [0.15, 0.2) is 0 Å². The molecule has 0 aliphatic heterocycles. The SMILES string of the molecule is CCN(c1ccc(Br)cc1[N+](=O)[O-])C(C)C. The summed E-state index contributed by atoms with van der Waals surface area (Å²) in [5.41, 5.74) is 0.815. The fourth-order valence-corrected chi connectivity index (χ4v) is 2.05. The number of halogens is 1. The quantitative estimate of drug-likeness (QED) is 0.628. The molecule has 0 heterocycles. The van der Waals surface area contributed by atoms with Gasteiger partial charge in [0, 0.05) is 23.1 Å². The first-order valence-electron chi connectivity index (χ1n) is 5.18. The Morgan fingerprint density at radius 1 is 1.50 bits per heavy atom. The first-order chi connectivity index (χ1) is 7.47. The molecule has 0 saturated heterocycles. The van der Waals surface area contributed by atoms with Crippen LogP contribution in [0.15, 0.2) is 22.7 Å². The van der Waals surface area contributed by atoms with E-state index in [1.54, 1.807) is 12.1 Å². The Balaban J connectivity index is 3.26. The molecule has 16 heavy (non-hydrogen) atoms. The number of hydrogen-bond acceptors (Lipinski definition) is 3. The molecule has 1 rings (SSSR count). The van der Waals surface area contributed by atoms with Gasteiger partial charge in [-0.15, -0.1) is 0 Å². The van der Waals surface area contributed by atoms with E-state index in [-0.39, 0.29) is 16.7 Å². The van der Waals surface area contributed by atoms with Crippen LogP contribution < -0.4 is 4.90 Å². The van der Waals surface area contributed by atoms with Crippen molar-refractivity contribution in [3.8, 4) is 0 Å². The summed E-state index contributed by atoms with van der Waals surface area (Å²) in [6, 6.07) is 5.39. The third-order valence-electron chi connectivity index (χ3n) is 2.41. The van der Waals surface area contributed by atoms with Crippen LogP contribution in [-0.4, -0.2) is 17.5 Å². The molecular formula is C11H15BrN2O2. The summed E-state index contributed by atoms with van der Waals surface area (Å²) in [7, 11) is 0. The Bertz CT molecular complexity index is 394. The van der Waals surface area contributed by atoms with Crippen LogP contribution in [0.25, 0.3) is 0 Å². The highest BCUT2D eigenvalue weighted by molar-refractivity contribution is 9.10. The number of rotatable bonds is 4. The minimum atomic E-state index is -0.342. The van der Waals surface area contributed by atoms with Gasteiger partial charge in [-0.3, -0.25) is 10.1 Å². The molecule has 1 aromatic rings. The fourth-order valence-electron chi connectivity index (χ4n) is 1.70. The van der Waals surface area contributed by atoms with Gasteiger partial charge in [0.25, 0.3) is 5.69 Å². The monoisotopic (exact) mass is 286 g/mol. The van der Waals surface area contributed by atoms with Crippen LogP contribution in [0.2, 0.25) is 0 Å². The van der Waals surface area contributed by atoms with Crippen LogP contribution in [0, 0.1) is 10.1 Å². The molecule has 0 unspecified atom stereocenters. The average molecular weight is 287 g/mol. The van der Waals surface area contributed by atoms with Crippen LogP contribution in [0.1, 0.15) is 20.8 Å². The predicted molar refractivity (Wildman–Crippen MR) is 69.0 cm³/mol. The summed E-state index contributed by atoms with van der Waals surface area (Å²) in [4.78, 5) is 12.6. The maximum atomic E-state index is 11.0. The lowest BCUT2D eigenvalue weighted by atomic mass is 10.2. The number of benzene rings is 1. The van der Waals surface area contributed by atoms with Crippen molar-refractivity contribution in [1.29, 1.82) is 0 Å². The van der Waals surface area contributed by atoms with Crippen molar-refractivity contribution >= 4 is 27.3 Å². The number of nitrogens with zero attached hydrogens (tertiary/aromatic N) is 2. The molecule has 0 amide bonds. The molecule has 5 heteroatoms. The van der Waals surface area contributed by atoms with Crippen molar-refractivity contribution in [3.63, 3.8) is 0 Å². The van der Waals surface area contributed by atoms with Crippen molar-refractivity contribution < 1.29 is 4.92 Å². The Hall–Kier alpha value is -1.10. The molecule has 0 fully saturated rings. The van der Waals surface area contributed by atoms with E-state index in [2.05, 4.69) is 15.9 Å². The van der Waals surface area contributed by atoms with Gasteiger partial charge in [0.2, 0.25) is 0 Å². The second kappa shape index (κ2) is 5.30. The van der Waals surface area contributed by atoms with E-state index >= 15 is 0 Å². The van der Waals surface area contributed by atoms with Gasteiger partial charge in [-0.25, -0.2) is 0 Å². The summed E-state index contributed by atoms with van der Waals surface area (Å²) in [6.07, 6.45) is 0. The highest BCUT2D eigenvalue weighted by Crippen LogP contribution is 2.32. The van der Waals surface area contributed by atoms with Crippen LogP contribution in [0.3, 0.4) is 0 Å². The molecule has 88 valence electrons. The van der Waals surface area contributed by atoms with E-state index < -0.39 is 0 Å². The molecule has 0 atom stereocenters. The lowest BCUT2D eigenvalue weighted by molar-refractivity contribution is -0.384. The summed E-state index contributed by atoms with van der Waals surface area (Å²) < 4.78 is 0.725. The third kappa shape index (κ3) is 2.72. The smallest absolute Gasteiger partial charge is 0.293 e. The molecule has 1 aromatic carbocycles. The summed E-state index contributed by atoms with van der Waals surface area (Å²) in [5.74, 6) is 0. The van der Waals surface area contributed by atoms with E-state index in [1.807, 2.05) is 31.7 Å². The van der Waals surface area contributed by atoms with E-state index in [0.717, 1.165) is 11.0 Å². The molecule has 0 aromatic heterocycles. The molecule has 0 radical (unpaired) electrons. The van der Waals surface area contributed by atoms with Crippen molar-refractivity contribution in [2.24, 2.45) is 0 Å². The predicted octanol–water partition coefficient (Wildman–Crippen LogP) is 3.59. The van der Waals surface area contributed by atoms with Gasteiger partial charge < -0.3 is 4.90 Å². The summed E-state index contributed by atoms with van der Waals surface area (Å²) in [5, 5.41) is 11.0. The van der Waals surface area contributed by atoms with E-state index in [1.165, 1.54) is 0 Å². The first kappa shape index (κ1) is 13.0. The number of nitro groups is 1. The Labute approximate surface area is 104 Å². The van der Waals surface area contributed by atoms with Gasteiger partial charge in [0.05, 0.1) is 4.92 Å². The Morgan fingerprint density at radius 3 is 2.56 bits per heavy atom. The minimum Gasteiger partial charge on any atom is -0.364 e. The normalized spacial score (nSPS) is 10.6. The van der Waals surface area contributed by atoms with E-state index in [0.29, 0.717) is 5.69 Å². The van der Waals surface area contributed by atoms with Gasteiger partial charge in [-0.05, 0) is 32.9 Å². The van der Waals surface area contributed by atoms with Crippen LogP contribution in [-0.2, 0) is 0 Å². The van der Waals surface area contributed by atoms with Crippen LogP contribution in [0.5, 0.6) is 0 Å². The molecule has 0 bridgehead atoms. The summed E-state index contributed by atoms with van der Waals surface area (Å²) in [6.45, 7) is 6.79. The van der Waals surface area contributed by atoms with Crippen molar-refractivity contribution in [2.75, 3.05) is 11.4 Å². The van der Waals surface area contributed by atoms with Crippen molar-refractivity contribution in [3.05, 3.63) is 32.8 Å². The number of nitro benzene ring substituents is 1. The maximum absolute atomic E-state index is 11.0. The number of anilines is 1.